The van der Waals surface area contributed by atoms with Gasteiger partial charge in [-0.1, -0.05) is 44.2 Å². The van der Waals surface area contributed by atoms with E-state index in [0.29, 0.717) is 5.92 Å². The Balaban J connectivity index is 2.53. The Morgan fingerprint density at radius 2 is 1.87 bits per heavy atom. The first-order valence-electron chi connectivity index (χ1n) is 4.90. The SMILES string of the molecule is CC(C)c1sc(Br)nc1-c1ccccc1. The summed E-state index contributed by atoms with van der Waals surface area (Å²) < 4.78 is 0.963. The Bertz CT molecular complexity index is 448. The van der Waals surface area contributed by atoms with Gasteiger partial charge in [-0.05, 0) is 21.8 Å². The lowest BCUT2D eigenvalue weighted by molar-refractivity contribution is 0.888. The highest BCUT2D eigenvalue weighted by molar-refractivity contribution is 9.11. The summed E-state index contributed by atoms with van der Waals surface area (Å²) in [5.41, 5.74) is 2.31. The quantitative estimate of drug-likeness (QED) is 0.778. The summed E-state index contributed by atoms with van der Waals surface area (Å²) in [5.74, 6) is 0.518. The van der Waals surface area contributed by atoms with Gasteiger partial charge in [0.15, 0.2) is 3.92 Å². The van der Waals surface area contributed by atoms with Crippen LogP contribution in [0.4, 0.5) is 0 Å². The third-order valence-electron chi connectivity index (χ3n) is 2.20. The average Bonchev–Trinajstić information content (AvgIpc) is 2.62. The third kappa shape index (κ3) is 2.29. The van der Waals surface area contributed by atoms with Crippen LogP contribution in [0.25, 0.3) is 11.3 Å². The molecule has 15 heavy (non-hydrogen) atoms. The molecule has 0 unspecified atom stereocenters. The van der Waals surface area contributed by atoms with E-state index in [2.05, 4.69) is 46.9 Å². The van der Waals surface area contributed by atoms with Crippen molar-refractivity contribution in [3.05, 3.63) is 39.1 Å². The third-order valence-corrected chi connectivity index (χ3v) is 4.01. The fourth-order valence-electron chi connectivity index (χ4n) is 1.50. The molecule has 2 rings (SSSR count). The van der Waals surface area contributed by atoms with E-state index in [1.54, 1.807) is 11.3 Å². The molecule has 1 aromatic carbocycles. The minimum atomic E-state index is 0.518. The van der Waals surface area contributed by atoms with Gasteiger partial charge in [-0.3, -0.25) is 0 Å². The molecule has 0 amide bonds. The van der Waals surface area contributed by atoms with Crippen LogP contribution < -0.4 is 0 Å². The van der Waals surface area contributed by atoms with Crippen molar-refractivity contribution in [3.63, 3.8) is 0 Å². The van der Waals surface area contributed by atoms with E-state index >= 15 is 0 Å². The largest absolute Gasteiger partial charge is 0.229 e. The van der Waals surface area contributed by atoms with Crippen LogP contribution in [0.1, 0.15) is 24.6 Å². The number of hydrogen-bond donors (Lipinski definition) is 0. The number of halogens is 1. The number of hydrogen-bond acceptors (Lipinski definition) is 2. The molecular weight excluding hydrogens is 270 g/mol. The summed E-state index contributed by atoms with van der Waals surface area (Å²) in [6.45, 7) is 4.40. The molecule has 0 fully saturated rings. The molecule has 1 aromatic heterocycles. The molecule has 0 radical (unpaired) electrons. The molecule has 2 aromatic rings. The van der Waals surface area contributed by atoms with E-state index in [9.17, 15) is 0 Å². The van der Waals surface area contributed by atoms with Crippen molar-refractivity contribution in [2.75, 3.05) is 0 Å². The summed E-state index contributed by atoms with van der Waals surface area (Å²) in [5, 5.41) is 0. The molecule has 78 valence electrons. The lowest BCUT2D eigenvalue weighted by Crippen LogP contribution is -1.87. The zero-order valence-electron chi connectivity index (χ0n) is 8.70. The van der Waals surface area contributed by atoms with Gasteiger partial charge < -0.3 is 0 Å². The molecule has 0 aliphatic heterocycles. The molecule has 1 heterocycles. The van der Waals surface area contributed by atoms with Crippen LogP contribution >= 0.6 is 27.3 Å². The van der Waals surface area contributed by atoms with Crippen molar-refractivity contribution in [2.24, 2.45) is 0 Å². The zero-order valence-corrected chi connectivity index (χ0v) is 11.1. The summed E-state index contributed by atoms with van der Waals surface area (Å²) in [6, 6.07) is 10.3. The summed E-state index contributed by atoms with van der Waals surface area (Å²) >= 11 is 5.18. The molecule has 0 saturated carbocycles. The van der Waals surface area contributed by atoms with Gasteiger partial charge in [0.2, 0.25) is 0 Å². The standard InChI is InChI=1S/C12H12BrNS/c1-8(2)11-10(14-12(13)15-11)9-6-4-3-5-7-9/h3-8H,1-2H3. The van der Waals surface area contributed by atoms with Gasteiger partial charge in [0.05, 0.1) is 5.69 Å². The van der Waals surface area contributed by atoms with Crippen LogP contribution in [0.2, 0.25) is 0 Å². The molecule has 0 N–H and O–H groups in total. The van der Waals surface area contributed by atoms with Gasteiger partial charge in [0, 0.05) is 10.4 Å². The van der Waals surface area contributed by atoms with Crippen LogP contribution in [-0.2, 0) is 0 Å². The van der Waals surface area contributed by atoms with Crippen LogP contribution in [0, 0.1) is 0 Å². The Labute approximate surface area is 102 Å². The highest BCUT2D eigenvalue weighted by atomic mass is 79.9. The molecule has 0 bridgehead atoms. The van der Waals surface area contributed by atoms with Crippen molar-refractivity contribution >= 4 is 27.3 Å². The Morgan fingerprint density at radius 3 is 2.47 bits per heavy atom. The summed E-state index contributed by atoms with van der Waals surface area (Å²) in [7, 11) is 0. The maximum atomic E-state index is 4.54. The first kappa shape index (κ1) is 10.8. The number of thiazole rings is 1. The van der Waals surface area contributed by atoms with Crippen LogP contribution in [-0.4, -0.2) is 4.98 Å². The van der Waals surface area contributed by atoms with Gasteiger partial charge in [-0.15, -0.1) is 11.3 Å². The van der Waals surface area contributed by atoms with E-state index < -0.39 is 0 Å². The van der Waals surface area contributed by atoms with Gasteiger partial charge in [0.25, 0.3) is 0 Å². The van der Waals surface area contributed by atoms with E-state index in [4.69, 9.17) is 0 Å². The highest BCUT2D eigenvalue weighted by Crippen LogP contribution is 2.35. The topological polar surface area (TPSA) is 12.9 Å². The molecule has 0 aliphatic carbocycles. The van der Waals surface area contributed by atoms with Crippen molar-refractivity contribution < 1.29 is 0 Å². The lowest BCUT2D eigenvalue weighted by Gasteiger charge is -2.04. The van der Waals surface area contributed by atoms with Gasteiger partial charge >= 0.3 is 0 Å². The summed E-state index contributed by atoms with van der Waals surface area (Å²) in [6.07, 6.45) is 0. The number of benzene rings is 1. The fourth-order valence-corrected chi connectivity index (χ4v) is 3.01. The first-order chi connectivity index (χ1) is 7.18. The monoisotopic (exact) mass is 281 g/mol. The van der Waals surface area contributed by atoms with Crippen molar-refractivity contribution in [1.29, 1.82) is 0 Å². The predicted octanol–water partition coefficient (Wildman–Crippen LogP) is 4.70. The van der Waals surface area contributed by atoms with E-state index in [0.717, 1.165) is 9.61 Å². The average molecular weight is 282 g/mol. The first-order valence-corrected chi connectivity index (χ1v) is 6.51. The number of rotatable bonds is 2. The number of nitrogens with zero attached hydrogens (tertiary/aromatic N) is 1. The van der Waals surface area contributed by atoms with Gasteiger partial charge in [-0.2, -0.15) is 0 Å². The Kier molecular flexibility index (Phi) is 3.22. The molecular formula is C12H12BrNS. The highest BCUT2D eigenvalue weighted by Gasteiger charge is 2.14. The molecule has 0 saturated heterocycles. The maximum Gasteiger partial charge on any atom is 0.160 e. The zero-order chi connectivity index (χ0) is 10.8. The second-order valence-electron chi connectivity index (χ2n) is 3.70. The molecule has 1 nitrogen and oxygen atoms in total. The molecule has 0 spiro atoms. The summed E-state index contributed by atoms with van der Waals surface area (Å²) in [4.78, 5) is 5.88. The minimum absolute atomic E-state index is 0.518. The predicted molar refractivity (Wildman–Crippen MR) is 69.3 cm³/mol. The van der Waals surface area contributed by atoms with Crippen LogP contribution in [0.5, 0.6) is 0 Å². The maximum absolute atomic E-state index is 4.54. The lowest BCUT2D eigenvalue weighted by atomic mass is 10.1. The van der Waals surface area contributed by atoms with Crippen molar-refractivity contribution in [1.82, 2.24) is 4.98 Å². The molecule has 0 aliphatic rings. The van der Waals surface area contributed by atoms with E-state index in [-0.39, 0.29) is 0 Å². The number of aromatic nitrogens is 1. The van der Waals surface area contributed by atoms with Gasteiger partial charge in [-0.25, -0.2) is 4.98 Å². The normalized spacial score (nSPS) is 10.9. The second-order valence-corrected chi connectivity index (χ2v) is 6.01. The fraction of sp³-hybridized carbons (Fsp3) is 0.250. The Hall–Kier alpha value is -0.670. The van der Waals surface area contributed by atoms with Gasteiger partial charge in [0.1, 0.15) is 0 Å². The van der Waals surface area contributed by atoms with Crippen LogP contribution in [0.15, 0.2) is 34.2 Å². The smallest absolute Gasteiger partial charge is 0.160 e. The van der Waals surface area contributed by atoms with E-state index in [1.807, 2.05) is 18.2 Å². The second kappa shape index (κ2) is 4.45. The molecule has 0 atom stereocenters. The molecule has 3 heteroatoms. The van der Waals surface area contributed by atoms with Crippen molar-refractivity contribution in [2.45, 2.75) is 19.8 Å². The van der Waals surface area contributed by atoms with E-state index in [1.165, 1.54) is 10.4 Å². The van der Waals surface area contributed by atoms with Crippen LogP contribution in [0.3, 0.4) is 0 Å². The van der Waals surface area contributed by atoms with Crippen molar-refractivity contribution in [3.8, 4) is 11.3 Å². The minimum Gasteiger partial charge on any atom is -0.229 e. The Morgan fingerprint density at radius 1 is 1.20 bits per heavy atom.